The lowest BCUT2D eigenvalue weighted by molar-refractivity contribution is -0.384. The van der Waals surface area contributed by atoms with Crippen LogP contribution in [0.2, 0.25) is 0 Å². The molecule has 3 rings (SSSR count). The first-order chi connectivity index (χ1) is 9.72. The summed E-state index contributed by atoms with van der Waals surface area (Å²) in [5, 5.41) is 14.0. The normalized spacial score (nSPS) is 15.6. The number of ether oxygens (including phenoxy) is 1. The molecule has 0 unspecified atom stereocenters. The van der Waals surface area contributed by atoms with Crippen LogP contribution < -0.4 is 10.1 Å². The van der Waals surface area contributed by atoms with Crippen LogP contribution >= 0.6 is 12.4 Å². The number of fused-ring (bicyclic) bond motifs is 1. The van der Waals surface area contributed by atoms with Crippen LogP contribution in [-0.2, 0) is 0 Å². The lowest BCUT2D eigenvalue weighted by Crippen LogP contribution is -2.30. The molecule has 21 heavy (non-hydrogen) atoms. The quantitative estimate of drug-likeness (QED) is 0.689. The van der Waals surface area contributed by atoms with Crippen molar-refractivity contribution in [3.63, 3.8) is 0 Å². The van der Waals surface area contributed by atoms with Crippen molar-refractivity contribution in [1.82, 2.24) is 10.3 Å². The molecular formula is C13H16ClN3O4. The fourth-order valence-corrected chi connectivity index (χ4v) is 2.31. The molecule has 1 aromatic carbocycles. The van der Waals surface area contributed by atoms with Gasteiger partial charge in [0.1, 0.15) is 5.52 Å². The van der Waals surface area contributed by atoms with Crippen molar-refractivity contribution in [3.8, 4) is 6.08 Å². The molecule has 8 heteroatoms. The number of nitrogens with one attached hydrogen (secondary N) is 1. The Morgan fingerprint density at radius 3 is 2.90 bits per heavy atom. The van der Waals surface area contributed by atoms with Crippen molar-refractivity contribution in [2.24, 2.45) is 5.92 Å². The first-order valence-electron chi connectivity index (χ1n) is 6.61. The van der Waals surface area contributed by atoms with Crippen LogP contribution in [0.1, 0.15) is 12.8 Å². The summed E-state index contributed by atoms with van der Waals surface area (Å²) in [6.45, 7) is 2.58. The van der Waals surface area contributed by atoms with Crippen LogP contribution in [0.25, 0.3) is 11.1 Å². The van der Waals surface area contributed by atoms with E-state index in [1.165, 1.54) is 18.2 Å². The summed E-state index contributed by atoms with van der Waals surface area (Å²) < 4.78 is 11.0. The number of halogens is 1. The Bertz CT molecular complexity index is 625. The largest absolute Gasteiger partial charge is 0.450 e. The Morgan fingerprint density at radius 2 is 2.19 bits per heavy atom. The van der Waals surface area contributed by atoms with E-state index in [-0.39, 0.29) is 24.2 Å². The van der Waals surface area contributed by atoms with E-state index >= 15 is 0 Å². The summed E-state index contributed by atoms with van der Waals surface area (Å²) in [5.41, 5.74) is 0.936. The monoisotopic (exact) mass is 313 g/mol. The molecule has 1 N–H and O–H groups in total. The number of non-ortho nitro benzene ring substituents is 1. The summed E-state index contributed by atoms with van der Waals surface area (Å²) in [6, 6.07) is 4.32. The van der Waals surface area contributed by atoms with Crippen LogP contribution in [0.3, 0.4) is 0 Å². The van der Waals surface area contributed by atoms with Gasteiger partial charge in [-0.1, -0.05) is 0 Å². The Morgan fingerprint density at radius 1 is 1.43 bits per heavy atom. The zero-order valence-electron chi connectivity index (χ0n) is 11.3. The Balaban J connectivity index is 0.00000161. The van der Waals surface area contributed by atoms with Gasteiger partial charge in [-0.05, 0) is 37.9 Å². The number of benzene rings is 1. The molecule has 1 fully saturated rings. The highest BCUT2D eigenvalue weighted by atomic mass is 35.5. The van der Waals surface area contributed by atoms with Crippen molar-refractivity contribution in [1.29, 1.82) is 0 Å². The zero-order valence-corrected chi connectivity index (χ0v) is 12.1. The van der Waals surface area contributed by atoms with Crippen molar-refractivity contribution >= 4 is 29.2 Å². The average molecular weight is 314 g/mol. The second kappa shape index (κ2) is 6.73. The standard InChI is InChI=1S/C13H15N3O4.ClH/c17-16(18)10-1-2-12-11(7-10)15-13(20-12)19-8-9-3-5-14-6-4-9;/h1-2,7,9,14H,3-6,8H2;1H. The Labute approximate surface area is 127 Å². The van der Waals surface area contributed by atoms with E-state index in [0.717, 1.165) is 25.9 Å². The molecular weight excluding hydrogens is 298 g/mol. The molecule has 0 saturated carbocycles. The van der Waals surface area contributed by atoms with Gasteiger partial charge < -0.3 is 14.5 Å². The third-order valence-electron chi connectivity index (χ3n) is 3.46. The van der Waals surface area contributed by atoms with Gasteiger partial charge in [0.05, 0.1) is 11.5 Å². The van der Waals surface area contributed by atoms with Crippen molar-refractivity contribution in [3.05, 3.63) is 28.3 Å². The first-order valence-corrected chi connectivity index (χ1v) is 6.61. The predicted molar refractivity (Wildman–Crippen MR) is 79.0 cm³/mol. The highest BCUT2D eigenvalue weighted by molar-refractivity contribution is 5.85. The second-order valence-corrected chi connectivity index (χ2v) is 4.89. The molecule has 0 atom stereocenters. The second-order valence-electron chi connectivity index (χ2n) is 4.89. The molecule has 0 spiro atoms. The minimum atomic E-state index is -0.455. The van der Waals surface area contributed by atoms with Crippen LogP contribution in [-0.4, -0.2) is 29.6 Å². The lowest BCUT2D eigenvalue weighted by Gasteiger charge is -2.21. The maximum Gasteiger partial charge on any atom is 0.394 e. The highest BCUT2D eigenvalue weighted by Gasteiger charge is 2.16. The van der Waals surface area contributed by atoms with Gasteiger partial charge in [-0.3, -0.25) is 10.1 Å². The van der Waals surface area contributed by atoms with Crippen molar-refractivity contribution in [2.75, 3.05) is 19.7 Å². The van der Waals surface area contributed by atoms with Crippen LogP contribution in [0.5, 0.6) is 6.08 Å². The maximum atomic E-state index is 10.7. The SMILES string of the molecule is Cl.O=[N+]([O-])c1ccc2oc(OCC3CCNCC3)nc2c1. The number of nitro benzene ring substituents is 1. The zero-order chi connectivity index (χ0) is 13.9. The number of piperidine rings is 1. The van der Waals surface area contributed by atoms with Gasteiger partial charge >= 0.3 is 6.08 Å². The Hall–Kier alpha value is -1.86. The van der Waals surface area contributed by atoms with E-state index in [2.05, 4.69) is 10.3 Å². The molecule has 1 aliphatic heterocycles. The van der Waals surface area contributed by atoms with Crippen LogP contribution in [0, 0.1) is 16.0 Å². The van der Waals surface area contributed by atoms with Crippen molar-refractivity contribution in [2.45, 2.75) is 12.8 Å². The fourth-order valence-electron chi connectivity index (χ4n) is 2.31. The van der Waals surface area contributed by atoms with Gasteiger partial charge in [0.25, 0.3) is 5.69 Å². The number of oxazole rings is 1. The minimum absolute atomic E-state index is 0. The smallest absolute Gasteiger partial charge is 0.394 e. The highest BCUT2D eigenvalue weighted by Crippen LogP contribution is 2.25. The van der Waals surface area contributed by atoms with E-state index in [9.17, 15) is 10.1 Å². The Kier molecular flexibility index (Phi) is 4.98. The van der Waals surface area contributed by atoms with Gasteiger partial charge in [-0.25, -0.2) is 0 Å². The molecule has 1 aliphatic rings. The summed E-state index contributed by atoms with van der Waals surface area (Å²) >= 11 is 0. The van der Waals surface area contributed by atoms with E-state index in [1.807, 2.05) is 0 Å². The molecule has 1 saturated heterocycles. The number of hydrogen-bond donors (Lipinski definition) is 1. The van der Waals surface area contributed by atoms with E-state index < -0.39 is 4.92 Å². The number of hydrogen-bond acceptors (Lipinski definition) is 6. The van der Waals surface area contributed by atoms with Gasteiger partial charge in [0.2, 0.25) is 0 Å². The molecule has 2 heterocycles. The third kappa shape index (κ3) is 3.62. The number of aromatic nitrogens is 1. The molecule has 0 aliphatic carbocycles. The van der Waals surface area contributed by atoms with E-state index in [0.29, 0.717) is 23.6 Å². The molecule has 0 amide bonds. The van der Waals surface area contributed by atoms with Gasteiger partial charge in [-0.15, -0.1) is 12.4 Å². The minimum Gasteiger partial charge on any atom is -0.450 e. The van der Waals surface area contributed by atoms with Crippen LogP contribution in [0.15, 0.2) is 22.6 Å². The van der Waals surface area contributed by atoms with Gasteiger partial charge in [0.15, 0.2) is 5.58 Å². The third-order valence-corrected chi connectivity index (χ3v) is 3.46. The number of nitro groups is 1. The summed E-state index contributed by atoms with van der Waals surface area (Å²) in [6.07, 6.45) is 2.33. The number of nitrogens with zero attached hydrogens (tertiary/aromatic N) is 2. The van der Waals surface area contributed by atoms with Crippen LogP contribution in [0.4, 0.5) is 5.69 Å². The van der Waals surface area contributed by atoms with E-state index in [1.54, 1.807) is 0 Å². The van der Waals surface area contributed by atoms with Gasteiger partial charge in [-0.2, -0.15) is 4.98 Å². The summed E-state index contributed by atoms with van der Waals surface area (Å²) in [7, 11) is 0. The van der Waals surface area contributed by atoms with Crippen molar-refractivity contribution < 1.29 is 14.1 Å². The lowest BCUT2D eigenvalue weighted by atomic mass is 9.99. The summed E-state index contributed by atoms with van der Waals surface area (Å²) in [5.74, 6) is 0.501. The topological polar surface area (TPSA) is 90.4 Å². The number of rotatable bonds is 4. The molecule has 7 nitrogen and oxygen atoms in total. The molecule has 1 aromatic heterocycles. The maximum absolute atomic E-state index is 10.7. The van der Waals surface area contributed by atoms with Gasteiger partial charge in [0, 0.05) is 12.1 Å². The molecule has 0 radical (unpaired) electrons. The molecule has 2 aromatic rings. The molecule has 114 valence electrons. The molecule has 0 bridgehead atoms. The fraction of sp³-hybridized carbons (Fsp3) is 0.462. The summed E-state index contributed by atoms with van der Waals surface area (Å²) in [4.78, 5) is 14.4. The predicted octanol–water partition coefficient (Wildman–Crippen LogP) is 2.54. The van der Waals surface area contributed by atoms with E-state index in [4.69, 9.17) is 9.15 Å². The average Bonchev–Trinajstić information content (AvgIpc) is 2.88. The first kappa shape index (κ1) is 15.5.